The number of benzene rings is 1. The van der Waals surface area contributed by atoms with Crippen LogP contribution < -0.4 is 10.5 Å². The van der Waals surface area contributed by atoms with E-state index in [1.54, 1.807) is 18.5 Å². The molecule has 3 aromatic rings. The number of nitrogens with zero attached hydrogens (tertiary/aromatic N) is 1. The SMILES string of the molecule is CC(Oc1cc(-c2cccnc2)sc1C(N)=O)c1ccccc1Cl. The molecule has 0 radical (unpaired) electrons. The maximum Gasteiger partial charge on any atom is 0.262 e. The lowest BCUT2D eigenvalue weighted by Crippen LogP contribution is -2.12. The average molecular weight is 359 g/mol. The van der Waals surface area contributed by atoms with Crippen molar-refractivity contribution >= 4 is 28.8 Å². The molecule has 0 aliphatic carbocycles. The molecule has 1 atom stereocenters. The van der Waals surface area contributed by atoms with Crippen LogP contribution in [-0.2, 0) is 0 Å². The van der Waals surface area contributed by atoms with E-state index in [0.717, 1.165) is 16.0 Å². The lowest BCUT2D eigenvalue weighted by atomic mass is 10.1. The Morgan fingerprint density at radius 2 is 2.08 bits per heavy atom. The molecule has 0 aliphatic heterocycles. The minimum atomic E-state index is -0.517. The summed E-state index contributed by atoms with van der Waals surface area (Å²) in [7, 11) is 0. The van der Waals surface area contributed by atoms with E-state index in [4.69, 9.17) is 22.1 Å². The molecule has 6 heteroatoms. The van der Waals surface area contributed by atoms with Crippen LogP contribution in [0.5, 0.6) is 5.75 Å². The van der Waals surface area contributed by atoms with Gasteiger partial charge in [-0.25, -0.2) is 0 Å². The van der Waals surface area contributed by atoms with E-state index in [0.29, 0.717) is 15.6 Å². The number of ether oxygens (including phenoxy) is 1. The van der Waals surface area contributed by atoms with E-state index in [1.807, 2.05) is 43.3 Å². The minimum Gasteiger partial charge on any atom is -0.484 e. The van der Waals surface area contributed by atoms with Crippen LogP contribution in [-0.4, -0.2) is 10.9 Å². The standard InChI is InChI=1S/C18H15ClN2O2S/c1-11(13-6-2-3-7-14(13)19)23-15-9-16(24-17(15)18(20)22)12-5-4-8-21-10-12/h2-11H,1H3,(H2,20,22). The zero-order chi connectivity index (χ0) is 17.1. The molecule has 2 heterocycles. The van der Waals surface area contributed by atoms with Gasteiger partial charge in [0.15, 0.2) is 0 Å². The minimum absolute atomic E-state index is 0.312. The molecule has 0 bridgehead atoms. The number of aromatic nitrogens is 1. The third-order valence-corrected chi connectivity index (χ3v) is 5.04. The van der Waals surface area contributed by atoms with Gasteiger partial charge in [0.1, 0.15) is 16.7 Å². The molecule has 3 rings (SSSR count). The van der Waals surface area contributed by atoms with Crippen molar-refractivity contribution in [2.75, 3.05) is 0 Å². The number of carbonyl (C=O) groups excluding carboxylic acids is 1. The van der Waals surface area contributed by atoms with Gasteiger partial charge in [-0.2, -0.15) is 0 Å². The van der Waals surface area contributed by atoms with Crippen molar-refractivity contribution in [2.45, 2.75) is 13.0 Å². The highest BCUT2D eigenvalue weighted by atomic mass is 35.5. The van der Waals surface area contributed by atoms with Gasteiger partial charge in [-0.15, -0.1) is 11.3 Å². The van der Waals surface area contributed by atoms with Crippen LogP contribution in [0.4, 0.5) is 0 Å². The Morgan fingerprint density at radius 1 is 1.29 bits per heavy atom. The third kappa shape index (κ3) is 3.42. The number of hydrogen-bond acceptors (Lipinski definition) is 4. The normalized spacial score (nSPS) is 11.9. The summed E-state index contributed by atoms with van der Waals surface area (Å²) in [5, 5.41) is 0.619. The van der Waals surface area contributed by atoms with Gasteiger partial charge in [0.05, 0.1) is 0 Å². The predicted molar refractivity (Wildman–Crippen MR) is 96.6 cm³/mol. The summed E-state index contributed by atoms with van der Waals surface area (Å²) < 4.78 is 5.98. The van der Waals surface area contributed by atoms with E-state index in [9.17, 15) is 4.79 Å². The van der Waals surface area contributed by atoms with Crippen LogP contribution in [0.15, 0.2) is 54.9 Å². The number of rotatable bonds is 5. The molecular formula is C18H15ClN2O2S. The number of halogens is 1. The maximum atomic E-state index is 11.8. The topological polar surface area (TPSA) is 65.2 Å². The number of primary amides is 1. The number of carbonyl (C=O) groups is 1. The first kappa shape index (κ1) is 16.5. The van der Waals surface area contributed by atoms with E-state index in [-0.39, 0.29) is 6.10 Å². The van der Waals surface area contributed by atoms with Gasteiger partial charge in [-0.1, -0.05) is 35.9 Å². The van der Waals surface area contributed by atoms with Crippen LogP contribution in [0.1, 0.15) is 28.3 Å². The molecular weight excluding hydrogens is 344 g/mol. The summed E-state index contributed by atoms with van der Waals surface area (Å²) in [6.45, 7) is 1.88. The first-order chi connectivity index (χ1) is 11.6. The zero-order valence-corrected chi connectivity index (χ0v) is 14.5. The molecule has 2 N–H and O–H groups in total. The molecule has 4 nitrogen and oxygen atoms in total. The van der Waals surface area contributed by atoms with Gasteiger partial charge in [-0.3, -0.25) is 9.78 Å². The molecule has 2 aromatic heterocycles. The summed E-state index contributed by atoms with van der Waals surface area (Å²) in [6.07, 6.45) is 3.12. The molecule has 0 fully saturated rings. The molecule has 1 aromatic carbocycles. The second-order valence-corrected chi connectivity index (χ2v) is 6.65. The van der Waals surface area contributed by atoms with Gasteiger partial charge in [0, 0.05) is 33.4 Å². The Morgan fingerprint density at radius 3 is 2.75 bits per heavy atom. The Labute approximate surface area is 148 Å². The smallest absolute Gasteiger partial charge is 0.262 e. The number of nitrogens with two attached hydrogens (primary N) is 1. The van der Waals surface area contributed by atoms with Crippen molar-refractivity contribution in [1.29, 1.82) is 0 Å². The van der Waals surface area contributed by atoms with Crippen LogP contribution >= 0.6 is 22.9 Å². The Bertz CT molecular complexity index is 864. The fraction of sp³-hybridized carbons (Fsp3) is 0.111. The fourth-order valence-electron chi connectivity index (χ4n) is 2.34. The second kappa shape index (κ2) is 7.03. The monoisotopic (exact) mass is 358 g/mol. The summed E-state index contributed by atoms with van der Waals surface area (Å²) in [5.74, 6) is -0.0599. The van der Waals surface area contributed by atoms with Crippen molar-refractivity contribution in [1.82, 2.24) is 4.98 Å². The molecule has 0 spiro atoms. The first-order valence-corrected chi connectivity index (χ1v) is 8.51. The highest BCUT2D eigenvalue weighted by Gasteiger charge is 2.20. The lowest BCUT2D eigenvalue weighted by molar-refractivity contribution is 0.0998. The molecule has 1 amide bonds. The van der Waals surface area contributed by atoms with E-state index < -0.39 is 5.91 Å². The van der Waals surface area contributed by atoms with Gasteiger partial charge in [0.2, 0.25) is 0 Å². The largest absolute Gasteiger partial charge is 0.484 e. The quantitative estimate of drug-likeness (QED) is 0.718. The molecule has 1 unspecified atom stereocenters. The van der Waals surface area contributed by atoms with Crippen molar-refractivity contribution < 1.29 is 9.53 Å². The highest BCUT2D eigenvalue weighted by Crippen LogP contribution is 2.38. The van der Waals surface area contributed by atoms with Crippen LogP contribution in [0.3, 0.4) is 0 Å². The van der Waals surface area contributed by atoms with Crippen molar-refractivity contribution in [3.05, 3.63) is 70.3 Å². The summed E-state index contributed by atoms with van der Waals surface area (Å²) in [6, 6.07) is 13.0. The van der Waals surface area contributed by atoms with Gasteiger partial charge < -0.3 is 10.5 Å². The fourth-order valence-corrected chi connectivity index (χ4v) is 3.57. The maximum absolute atomic E-state index is 11.8. The number of hydrogen-bond donors (Lipinski definition) is 1. The van der Waals surface area contributed by atoms with Crippen molar-refractivity contribution in [3.8, 4) is 16.2 Å². The lowest BCUT2D eigenvalue weighted by Gasteiger charge is -2.16. The van der Waals surface area contributed by atoms with Gasteiger partial charge >= 0.3 is 0 Å². The summed E-state index contributed by atoms with van der Waals surface area (Å²) in [5.41, 5.74) is 7.26. The zero-order valence-electron chi connectivity index (χ0n) is 12.9. The number of thiophene rings is 1. The molecule has 0 saturated heterocycles. The highest BCUT2D eigenvalue weighted by molar-refractivity contribution is 7.17. The first-order valence-electron chi connectivity index (χ1n) is 7.31. The van der Waals surface area contributed by atoms with E-state index in [1.165, 1.54) is 11.3 Å². The van der Waals surface area contributed by atoms with Gasteiger partial charge in [-0.05, 0) is 25.1 Å². The van der Waals surface area contributed by atoms with Crippen LogP contribution in [0, 0.1) is 0 Å². The molecule has 24 heavy (non-hydrogen) atoms. The number of amides is 1. The van der Waals surface area contributed by atoms with E-state index in [2.05, 4.69) is 4.98 Å². The van der Waals surface area contributed by atoms with Crippen LogP contribution in [0.2, 0.25) is 5.02 Å². The third-order valence-electron chi connectivity index (χ3n) is 3.51. The number of pyridine rings is 1. The Kier molecular flexibility index (Phi) is 4.83. The summed E-state index contributed by atoms with van der Waals surface area (Å²) in [4.78, 5) is 17.1. The molecule has 0 saturated carbocycles. The van der Waals surface area contributed by atoms with Crippen LogP contribution in [0.25, 0.3) is 10.4 Å². The van der Waals surface area contributed by atoms with Crippen molar-refractivity contribution in [2.24, 2.45) is 5.73 Å². The van der Waals surface area contributed by atoms with E-state index >= 15 is 0 Å². The van der Waals surface area contributed by atoms with Gasteiger partial charge in [0.25, 0.3) is 5.91 Å². The summed E-state index contributed by atoms with van der Waals surface area (Å²) >= 11 is 7.50. The second-order valence-electron chi connectivity index (χ2n) is 5.19. The Balaban J connectivity index is 1.94. The molecule has 122 valence electrons. The molecule has 0 aliphatic rings. The average Bonchev–Trinajstić information content (AvgIpc) is 3.00. The predicted octanol–water partition coefficient (Wildman–Crippen LogP) is 4.70. The Hall–Kier alpha value is -2.37. The van der Waals surface area contributed by atoms with Crippen molar-refractivity contribution in [3.63, 3.8) is 0 Å².